The van der Waals surface area contributed by atoms with Gasteiger partial charge in [0.05, 0.1) is 23.0 Å². The molecule has 1 aromatic rings. The van der Waals surface area contributed by atoms with Crippen LogP contribution < -0.4 is 10.9 Å². The summed E-state index contributed by atoms with van der Waals surface area (Å²) in [6, 6.07) is 1.17. The van der Waals surface area contributed by atoms with Gasteiger partial charge in [-0.15, -0.1) is 0 Å². The van der Waals surface area contributed by atoms with Crippen LogP contribution >= 0.6 is 11.8 Å². The zero-order valence-electron chi connectivity index (χ0n) is 13.6. The van der Waals surface area contributed by atoms with E-state index < -0.39 is 0 Å². The van der Waals surface area contributed by atoms with Gasteiger partial charge in [0.15, 0.2) is 0 Å². The third-order valence-corrected chi connectivity index (χ3v) is 6.73. The Bertz CT molecular complexity index is 774. The molecular weight excluding hydrogens is 320 g/mol. The van der Waals surface area contributed by atoms with E-state index in [0.717, 1.165) is 28.5 Å². The van der Waals surface area contributed by atoms with Crippen LogP contribution in [0.25, 0.3) is 0 Å². The summed E-state index contributed by atoms with van der Waals surface area (Å²) in [7, 11) is 0. The molecule has 2 fully saturated rings. The Morgan fingerprint density at radius 1 is 1.17 bits per heavy atom. The van der Waals surface area contributed by atoms with E-state index in [4.69, 9.17) is 4.98 Å². The number of nitrogens with zero attached hydrogens (tertiary/aromatic N) is 3. The van der Waals surface area contributed by atoms with E-state index in [-0.39, 0.29) is 17.5 Å². The maximum absolute atomic E-state index is 13.1. The van der Waals surface area contributed by atoms with E-state index in [1.165, 1.54) is 43.9 Å². The zero-order valence-corrected chi connectivity index (χ0v) is 14.5. The molecule has 2 saturated carbocycles. The monoisotopic (exact) mass is 342 g/mol. The minimum atomic E-state index is 0.115. The number of hydrogen-bond donors (Lipinski definition) is 1. The van der Waals surface area contributed by atoms with Crippen molar-refractivity contribution >= 4 is 16.8 Å². The lowest BCUT2D eigenvalue weighted by molar-refractivity contribution is 0.340. The first-order valence-electron chi connectivity index (χ1n) is 9.10. The van der Waals surface area contributed by atoms with Gasteiger partial charge in [0.1, 0.15) is 4.90 Å². The normalized spacial score (nSPS) is 29.2. The first-order valence-corrected chi connectivity index (χ1v) is 9.92. The standard InChI is InChI=1S/C18H22N4OS/c23-18-16-15(20-10-22(18)12-4-2-1-3-5-12)14-13(21-11-6-7-11)8-9-19-17(14)24-16/h8-14,21H,1-7H2. The molecule has 2 aliphatic heterocycles. The Morgan fingerprint density at radius 2 is 2.00 bits per heavy atom. The summed E-state index contributed by atoms with van der Waals surface area (Å²) in [5.74, 6) is 0.115. The smallest absolute Gasteiger partial charge is 0.267 e. The minimum Gasteiger partial charge on any atom is -0.307 e. The summed E-state index contributed by atoms with van der Waals surface area (Å²) < 4.78 is 1.89. The summed E-state index contributed by atoms with van der Waals surface area (Å²) in [6.07, 6.45) is 14.2. The van der Waals surface area contributed by atoms with Crippen molar-refractivity contribution in [3.63, 3.8) is 0 Å². The Labute approximate surface area is 145 Å². The van der Waals surface area contributed by atoms with Gasteiger partial charge in [0.25, 0.3) is 5.56 Å². The molecule has 5 rings (SSSR count). The van der Waals surface area contributed by atoms with E-state index >= 15 is 0 Å². The van der Waals surface area contributed by atoms with Gasteiger partial charge in [0, 0.05) is 24.3 Å². The van der Waals surface area contributed by atoms with Crippen molar-refractivity contribution in [3.8, 4) is 0 Å². The van der Waals surface area contributed by atoms with Crippen LogP contribution in [0.5, 0.6) is 0 Å². The maximum Gasteiger partial charge on any atom is 0.267 e. The largest absolute Gasteiger partial charge is 0.307 e. The van der Waals surface area contributed by atoms with Gasteiger partial charge in [-0.25, -0.2) is 4.98 Å². The topological polar surface area (TPSA) is 59.3 Å². The summed E-state index contributed by atoms with van der Waals surface area (Å²) in [5.41, 5.74) is 1.07. The number of fused-ring (bicyclic) bond motifs is 3. The summed E-state index contributed by atoms with van der Waals surface area (Å²) in [4.78, 5) is 23.1. The van der Waals surface area contributed by atoms with Crippen LogP contribution in [0.1, 0.15) is 62.6 Å². The number of aromatic nitrogens is 2. The first-order chi connectivity index (χ1) is 11.8. The molecule has 0 spiro atoms. The van der Waals surface area contributed by atoms with Crippen LogP contribution in [0.2, 0.25) is 0 Å². The molecule has 5 nitrogen and oxygen atoms in total. The first kappa shape index (κ1) is 14.9. The second-order valence-corrected chi connectivity index (χ2v) is 8.35. The molecule has 0 saturated heterocycles. The molecule has 2 unspecified atom stereocenters. The second-order valence-electron chi connectivity index (χ2n) is 7.32. The van der Waals surface area contributed by atoms with Gasteiger partial charge in [-0.05, 0) is 31.8 Å². The average molecular weight is 342 g/mol. The lowest BCUT2D eigenvalue weighted by Crippen LogP contribution is -2.38. The van der Waals surface area contributed by atoms with E-state index in [1.54, 1.807) is 6.33 Å². The predicted molar refractivity (Wildman–Crippen MR) is 95.7 cm³/mol. The molecule has 6 heteroatoms. The van der Waals surface area contributed by atoms with Gasteiger partial charge in [-0.3, -0.25) is 14.4 Å². The van der Waals surface area contributed by atoms with Crippen LogP contribution in [0.4, 0.5) is 0 Å². The fourth-order valence-corrected chi connectivity index (χ4v) is 5.29. The number of aliphatic imine (C=N–C) groups is 1. The summed E-state index contributed by atoms with van der Waals surface area (Å²) >= 11 is 1.54. The molecule has 1 N–H and O–H groups in total. The Kier molecular flexibility index (Phi) is 3.63. The molecule has 0 aromatic carbocycles. The lowest BCUT2D eigenvalue weighted by Gasteiger charge is -2.25. The quantitative estimate of drug-likeness (QED) is 0.917. The van der Waals surface area contributed by atoms with Gasteiger partial charge in [0.2, 0.25) is 0 Å². The predicted octanol–water partition coefficient (Wildman–Crippen LogP) is 2.98. The van der Waals surface area contributed by atoms with Crippen molar-refractivity contribution in [1.29, 1.82) is 0 Å². The minimum absolute atomic E-state index is 0.115. The Hall–Kier alpha value is -1.40. The van der Waals surface area contributed by atoms with Crippen molar-refractivity contribution in [3.05, 3.63) is 34.7 Å². The van der Waals surface area contributed by atoms with E-state index in [1.807, 2.05) is 10.8 Å². The summed E-state index contributed by atoms with van der Waals surface area (Å²) in [5, 5.41) is 4.70. The third-order valence-electron chi connectivity index (χ3n) is 5.58. The molecule has 126 valence electrons. The Balaban J connectivity index is 1.50. The van der Waals surface area contributed by atoms with Crippen molar-refractivity contribution in [1.82, 2.24) is 14.9 Å². The number of hydrogen-bond acceptors (Lipinski definition) is 5. The van der Waals surface area contributed by atoms with Crippen molar-refractivity contribution in [2.24, 2.45) is 4.99 Å². The van der Waals surface area contributed by atoms with Crippen LogP contribution in [0.15, 0.2) is 33.3 Å². The van der Waals surface area contributed by atoms with Crippen molar-refractivity contribution in [2.45, 2.75) is 73.9 Å². The average Bonchev–Trinajstić information content (AvgIpc) is 3.34. The molecule has 0 amide bonds. The lowest BCUT2D eigenvalue weighted by atomic mass is 9.94. The van der Waals surface area contributed by atoms with Crippen LogP contribution in [-0.4, -0.2) is 26.7 Å². The van der Waals surface area contributed by atoms with E-state index in [2.05, 4.69) is 16.4 Å². The summed E-state index contributed by atoms with van der Waals surface area (Å²) in [6.45, 7) is 0. The fourth-order valence-electron chi connectivity index (χ4n) is 4.11. The molecular formula is C18H22N4OS. The van der Waals surface area contributed by atoms with Crippen LogP contribution in [-0.2, 0) is 0 Å². The zero-order chi connectivity index (χ0) is 16.1. The highest BCUT2D eigenvalue weighted by atomic mass is 32.2. The molecule has 2 aliphatic carbocycles. The molecule has 4 aliphatic rings. The van der Waals surface area contributed by atoms with E-state index in [0.29, 0.717) is 12.1 Å². The van der Waals surface area contributed by atoms with Crippen LogP contribution in [0.3, 0.4) is 0 Å². The molecule has 0 bridgehead atoms. The van der Waals surface area contributed by atoms with Gasteiger partial charge >= 0.3 is 0 Å². The molecule has 1 aromatic heterocycles. The Morgan fingerprint density at radius 3 is 2.79 bits per heavy atom. The maximum atomic E-state index is 13.1. The number of nitrogens with one attached hydrogen (secondary N) is 1. The number of thioether (sulfide) groups is 1. The fraction of sp³-hybridized carbons (Fsp3) is 0.611. The highest BCUT2D eigenvalue weighted by Gasteiger charge is 2.41. The second kappa shape index (κ2) is 5.85. The van der Waals surface area contributed by atoms with Gasteiger partial charge in [-0.2, -0.15) is 0 Å². The molecule has 2 atom stereocenters. The van der Waals surface area contributed by atoms with Crippen LogP contribution in [0, 0.1) is 0 Å². The number of rotatable bonds is 3. The van der Waals surface area contributed by atoms with Crippen molar-refractivity contribution in [2.75, 3.05) is 0 Å². The van der Waals surface area contributed by atoms with Gasteiger partial charge < -0.3 is 5.32 Å². The SMILES string of the molecule is O=c1c2c(ncn1C1CCCCC1)C1C(=NC=CC1NC1CC1)S2. The molecule has 3 heterocycles. The molecule has 24 heavy (non-hydrogen) atoms. The molecule has 0 radical (unpaired) electrons. The van der Waals surface area contributed by atoms with Gasteiger partial charge in [-0.1, -0.05) is 31.0 Å². The highest BCUT2D eigenvalue weighted by molar-refractivity contribution is 8.14. The van der Waals surface area contributed by atoms with E-state index in [9.17, 15) is 4.79 Å². The third kappa shape index (κ3) is 2.47. The van der Waals surface area contributed by atoms with Crippen molar-refractivity contribution < 1.29 is 0 Å². The highest BCUT2D eigenvalue weighted by Crippen LogP contribution is 2.43.